The summed E-state index contributed by atoms with van der Waals surface area (Å²) in [5, 5.41) is 1.63. The first-order valence-electron chi connectivity index (χ1n) is 4.10. The Labute approximate surface area is 100 Å². The molecular formula is C10H6Cl2O2S. The summed E-state index contributed by atoms with van der Waals surface area (Å²) in [4.78, 5) is 11.8. The van der Waals surface area contributed by atoms with E-state index in [-0.39, 0.29) is 0 Å². The summed E-state index contributed by atoms with van der Waals surface area (Å²) < 4.78 is 5.51. The second kappa shape index (κ2) is 4.00. The molecule has 15 heavy (non-hydrogen) atoms. The number of methoxy groups -OCH3 is 1. The molecule has 0 radical (unpaired) electrons. The van der Waals surface area contributed by atoms with Gasteiger partial charge in [-0.3, -0.25) is 0 Å². The summed E-state index contributed by atoms with van der Waals surface area (Å²) in [6.07, 6.45) is 0. The van der Waals surface area contributed by atoms with E-state index in [1.165, 1.54) is 18.4 Å². The summed E-state index contributed by atoms with van der Waals surface area (Å²) >= 11 is 13.3. The molecule has 78 valence electrons. The SMILES string of the molecule is COC(=O)c1sc2cccc(Cl)c2c1Cl. The zero-order chi connectivity index (χ0) is 11.0. The van der Waals surface area contributed by atoms with Gasteiger partial charge in [-0.15, -0.1) is 11.3 Å². The molecule has 0 aliphatic carbocycles. The van der Waals surface area contributed by atoms with Crippen molar-refractivity contribution in [3.63, 3.8) is 0 Å². The average molecular weight is 261 g/mol. The van der Waals surface area contributed by atoms with Gasteiger partial charge >= 0.3 is 5.97 Å². The Kier molecular flexibility index (Phi) is 2.87. The Morgan fingerprint density at radius 2 is 2.13 bits per heavy atom. The number of ether oxygens (including phenoxy) is 1. The second-order valence-corrected chi connectivity index (χ2v) is 4.69. The minimum Gasteiger partial charge on any atom is -0.465 e. The Morgan fingerprint density at radius 3 is 2.73 bits per heavy atom. The third-order valence-corrected chi connectivity index (χ3v) is 3.92. The molecule has 0 saturated carbocycles. The van der Waals surface area contributed by atoms with Crippen LogP contribution in [0.25, 0.3) is 10.1 Å². The van der Waals surface area contributed by atoms with Crippen molar-refractivity contribution in [2.24, 2.45) is 0 Å². The molecule has 0 aliphatic rings. The van der Waals surface area contributed by atoms with Gasteiger partial charge < -0.3 is 4.74 Å². The lowest BCUT2D eigenvalue weighted by Crippen LogP contribution is -1.97. The van der Waals surface area contributed by atoms with Crippen LogP contribution < -0.4 is 0 Å². The first kappa shape index (κ1) is 10.7. The van der Waals surface area contributed by atoms with Crippen LogP contribution in [0, 0.1) is 0 Å². The van der Waals surface area contributed by atoms with Gasteiger partial charge in [-0.05, 0) is 12.1 Å². The topological polar surface area (TPSA) is 26.3 Å². The quantitative estimate of drug-likeness (QED) is 0.725. The fourth-order valence-corrected chi connectivity index (χ4v) is 3.16. The monoisotopic (exact) mass is 260 g/mol. The molecule has 2 rings (SSSR count). The summed E-state index contributed by atoms with van der Waals surface area (Å²) in [6, 6.07) is 5.42. The van der Waals surface area contributed by atoms with Crippen LogP contribution in [-0.2, 0) is 4.74 Å². The lowest BCUT2D eigenvalue weighted by Gasteiger charge is -1.95. The average Bonchev–Trinajstić information content (AvgIpc) is 2.56. The van der Waals surface area contributed by atoms with Gasteiger partial charge in [-0.1, -0.05) is 29.3 Å². The van der Waals surface area contributed by atoms with Crippen molar-refractivity contribution in [3.05, 3.63) is 33.1 Å². The number of carbonyl (C=O) groups excluding carboxylic acids is 1. The smallest absolute Gasteiger partial charge is 0.349 e. The second-order valence-electron chi connectivity index (χ2n) is 2.85. The van der Waals surface area contributed by atoms with E-state index in [1.54, 1.807) is 6.07 Å². The molecule has 1 heterocycles. The Hall–Kier alpha value is -0.770. The molecule has 0 N–H and O–H groups in total. The zero-order valence-corrected chi connectivity index (χ0v) is 10.0. The molecule has 0 spiro atoms. The summed E-state index contributed by atoms with van der Waals surface area (Å²) in [6.45, 7) is 0. The first-order chi connectivity index (χ1) is 7.15. The zero-order valence-electron chi connectivity index (χ0n) is 7.71. The van der Waals surface area contributed by atoms with E-state index in [0.717, 1.165) is 4.70 Å². The summed E-state index contributed by atoms with van der Waals surface area (Å²) in [5.74, 6) is -0.433. The maximum atomic E-state index is 11.4. The Morgan fingerprint density at radius 1 is 1.40 bits per heavy atom. The van der Waals surface area contributed by atoms with E-state index in [0.29, 0.717) is 20.3 Å². The number of rotatable bonds is 1. The van der Waals surface area contributed by atoms with Gasteiger partial charge in [-0.25, -0.2) is 4.79 Å². The Bertz CT molecular complexity index is 533. The van der Waals surface area contributed by atoms with Gasteiger partial charge in [0.05, 0.1) is 17.2 Å². The van der Waals surface area contributed by atoms with Crippen molar-refractivity contribution in [2.45, 2.75) is 0 Å². The Balaban J connectivity index is 2.75. The van der Waals surface area contributed by atoms with E-state index in [4.69, 9.17) is 23.2 Å². The van der Waals surface area contributed by atoms with Crippen molar-refractivity contribution in [2.75, 3.05) is 7.11 Å². The number of halogens is 2. The third-order valence-electron chi connectivity index (χ3n) is 1.98. The molecule has 1 aromatic heterocycles. The molecule has 5 heteroatoms. The number of benzene rings is 1. The van der Waals surface area contributed by atoms with Crippen LogP contribution in [0.5, 0.6) is 0 Å². The maximum absolute atomic E-state index is 11.4. The molecule has 0 aliphatic heterocycles. The fraction of sp³-hybridized carbons (Fsp3) is 0.100. The van der Waals surface area contributed by atoms with Gasteiger partial charge in [0.1, 0.15) is 4.88 Å². The highest BCUT2D eigenvalue weighted by molar-refractivity contribution is 7.21. The van der Waals surface area contributed by atoms with E-state index >= 15 is 0 Å². The molecule has 0 atom stereocenters. The predicted molar refractivity (Wildman–Crippen MR) is 63.2 cm³/mol. The maximum Gasteiger partial charge on any atom is 0.349 e. The van der Waals surface area contributed by atoms with E-state index in [1.807, 2.05) is 12.1 Å². The molecule has 0 amide bonds. The highest BCUT2D eigenvalue weighted by Gasteiger charge is 2.18. The minimum absolute atomic E-state index is 0.368. The summed E-state index contributed by atoms with van der Waals surface area (Å²) in [7, 11) is 1.32. The highest BCUT2D eigenvalue weighted by atomic mass is 35.5. The number of hydrogen-bond acceptors (Lipinski definition) is 3. The van der Waals surface area contributed by atoms with E-state index in [2.05, 4.69) is 4.74 Å². The van der Waals surface area contributed by atoms with Crippen molar-refractivity contribution in [1.29, 1.82) is 0 Å². The molecule has 2 aromatic rings. The first-order valence-corrected chi connectivity index (χ1v) is 5.67. The normalized spacial score (nSPS) is 10.6. The number of carbonyl (C=O) groups is 1. The predicted octanol–water partition coefficient (Wildman–Crippen LogP) is 3.99. The van der Waals surface area contributed by atoms with Crippen molar-refractivity contribution in [3.8, 4) is 0 Å². The molecule has 2 nitrogen and oxygen atoms in total. The molecule has 1 aromatic carbocycles. The van der Waals surface area contributed by atoms with Crippen LogP contribution in [0.15, 0.2) is 18.2 Å². The molecule has 0 saturated heterocycles. The van der Waals surface area contributed by atoms with Crippen LogP contribution >= 0.6 is 34.5 Å². The molecule has 0 bridgehead atoms. The van der Waals surface area contributed by atoms with E-state index in [9.17, 15) is 4.79 Å². The number of esters is 1. The number of fused-ring (bicyclic) bond motifs is 1. The standard InChI is InChI=1S/C10H6Cl2O2S/c1-14-10(13)9-8(12)7-5(11)3-2-4-6(7)15-9/h2-4H,1H3. The molecule has 0 fully saturated rings. The van der Waals surface area contributed by atoms with Crippen LogP contribution in [0.3, 0.4) is 0 Å². The summed E-state index contributed by atoms with van der Waals surface area (Å²) in [5.41, 5.74) is 0. The van der Waals surface area contributed by atoms with Crippen molar-refractivity contribution in [1.82, 2.24) is 0 Å². The minimum atomic E-state index is -0.433. The van der Waals surface area contributed by atoms with Crippen LogP contribution in [0.2, 0.25) is 10.0 Å². The van der Waals surface area contributed by atoms with Crippen molar-refractivity contribution >= 4 is 50.6 Å². The van der Waals surface area contributed by atoms with Crippen LogP contribution in [0.1, 0.15) is 9.67 Å². The van der Waals surface area contributed by atoms with E-state index < -0.39 is 5.97 Å². The van der Waals surface area contributed by atoms with Gasteiger partial charge in [0.15, 0.2) is 0 Å². The molecular weight excluding hydrogens is 255 g/mol. The van der Waals surface area contributed by atoms with Gasteiger partial charge in [-0.2, -0.15) is 0 Å². The largest absolute Gasteiger partial charge is 0.465 e. The molecule has 0 unspecified atom stereocenters. The van der Waals surface area contributed by atoms with Crippen molar-refractivity contribution < 1.29 is 9.53 Å². The van der Waals surface area contributed by atoms with Crippen LogP contribution in [0.4, 0.5) is 0 Å². The van der Waals surface area contributed by atoms with Gasteiger partial charge in [0, 0.05) is 10.1 Å². The van der Waals surface area contributed by atoms with Gasteiger partial charge in [0.25, 0.3) is 0 Å². The lowest BCUT2D eigenvalue weighted by molar-refractivity contribution is 0.0606. The lowest BCUT2D eigenvalue weighted by atomic mass is 10.2. The number of thiophene rings is 1. The number of hydrogen-bond donors (Lipinski definition) is 0. The third kappa shape index (κ3) is 1.71. The fourth-order valence-electron chi connectivity index (χ4n) is 1.29. The van der Waals surface area contributed by atoms with Gasteiger partial charge in [0.2, 0.25) is 0 Å². The highest BCUT2D eigenvalue weighted by Crippen LogP contribution is 2.39. The van der Waals surface area contributed by atoms with Crippen LogP contribution in [-0.4, -0.2) is 13.1 Å².